The van der Waals surface area contributed by atoms with Crippen molar-refractivity contribution < 1.29 is 23.1 Å². The van der Waals surface area contributed by atoms with E-state index in [2.05, 4.69) is 9.62 Å². The largest absolute Gasteiger partial charge is 0.495 e. The van der Waals surface area contributed by atoms with Gasteiger partial charge in [-0.1, -0.05) is 25.7 Å². The number of methoxy groups -OCH3 is 1. The first-order valence-electron chi connectivity index (χ1n) is 8.80. The number of halogens is 1. The van der Waals surface area contributed by atoms with Gasteiger partial charge in [-0.25, -0.2) is 17.9 Å². The van der Waals surface area contributed by atoms with E-state index in [1.807, 2.05) is 14.1 Å². The minimum Gasteiger partial charge on any atom is -0.495 e. The van der Waals surface area contributed by atoms with Gasteiger partial charge in [0.05, 0.1) is 12.7 Å². The van der Waals surface area contributed by atoms with Crippen LogP contribution in [0.3, 0.4) is 0 Å². The fourth-order valence-corrected chi connectivity index (χ4v) is 4.81. The number of ether oxygens (including phenoxy) is 1. The number of rotatable bonds is 7. The molecule has 1 aliphatic rings. The van der Waals surface area contributed by atoms with E-state index in [4.69, 9.17) is 9.84 Å². The van der Waals surface area contributed by atoms with Crippen molar-refractivity contribution in [3.05, 3.63) is 23.8 Å². The van der Waals surface area contributed by atoms with Crippen LogP contribution in [0.2, 0.25) is 0 Å². The van der Waals surface area contributed by atoms with Crippen LogP contribution >= 0.6 is 12.4 Å². The van der Waals surface area contributed by atoms with Crippen LogP contribution in [0, 0.1) is 0 Å². The highest BCUT2D eigenvalue weighted by molar-refractivity contribution is 7.89. The topological polar surface area (TPSA) is 95.9 Å². The lowest BCUT2D eigenvalue weighted by molar-refractivity contribution is 0.0696. The molecule has 0 aliphatic heterocycles. The molecule has 1 saturated carbocycles. The van der Waals surface area contributed by atoms with Gasteiger partial charge in [0.1, 0.15) is 10.6 Å². The highest BCUT2D eigenvalue weighted by Crippen LogP contribution is 2.32. The van der Waals surface area contributed by atoms with Crippen LogP contribution in [0.1, 0.15) is 48.9 Å². The van der Waals surface area contributed by atoms with Gasteiger partial charge in [0, 0.05) is 12.1 Å². The summed E-state index contributed by atoms with van der Waals surface area (Å²) in [5.41, 5.74) is -0.329. The molecular formula is C18H29ClN2O5S. The number of benzene rings is 1. The Balaban J connectivity index is 0.00000364. The van der Waals surface area contributed by atoms with Gasteiger partial charge in [-0.3, -0.25) is 0 Å². The molecule has 0 unspecified atom stereocenters. The number of aromatic carboxylic acids is 1. The predicted molar refractivity (Wildman–Crippen MR) is 107 cm³/mol. The van der Waals surface area contributed by atoms with Crippen molar-refractivity contribution >= 4 is 28.4 Å². The summed E-state index contributed by atoms with van der Waals surface area (Å²) in [5.74, 6) is -1.06. The van der Waals surface area contributed by atoms with Crippen molar-refractivity contribution in [3.63, 3.8) is 0 Å². The number of likely N-dealkylation sites (N-methyl/N-ethyl adjacent to an activating group) is 1. The molecule has 0 amide bonds. The lowest BCUT2D eigenvalue weighted by Crippen LogP contribution is -2.52. The first-order chi connectivity index (χ1) is 12.2. The second-order valence-corrected chi connectivity index (χ2v) is 8.76. The molecule has 1 aromatic rings. The van der Waals surface area contributed by atoms with Crippen LogP contribution in [-0.4, -0.2) is 57.7 Å². The van der Waals surface area contributed by atoms with Gasteiger partial charge in [-0.15, -0.1) is 12.4 Å². The van der Waals surface area contributed by atoms with Crippen molar-refractivity contribution in [3.8, 4) is 5.75 Å². The Morgan fingerprint density at radius 1 is 1.22 bits per heavy atom. The van der Waals surface area contributed by atoms with Gasteiger partial charge >= 0.3 is 5.97 Å². The van der Waals surface area contributed by atoms with Crippen molar-refractivity contribution in [2.75, 3.05) is 27.7 Å². The zero-order chi connectivity index (χ0) is 19.4. The van der Waals surface area contributed by atoms with Crippen molar-refractivity contribution in [2.45, 2.75) is 49.0 Å². The molecule has 0 aromatic heterocycles. The number of hydrogen-bond acceptors (Lipinski definition) is 5. The van der Waals surface area contributed by atoms with E-state index in [1.165, 1.54) is 19.2 Å². The molecule has 2 rings (SSSR count). The van der Waals surface area contributed by atoms with Crippen molar-refractivity contribution in [1.29, 1.82) is 0 Å². The number of carbonyl (C=O) groups is 1. The quantitative estimate of drug-likeness (QED) is 0.658. The SMILES string of the molecule is COc1ccc(C(=O)O)cc1S(=O)(=O)NCC1(N(C)C)CCCCCC1.Cl. The third-order valence-electron chi connectivity index (χ3n) is 5.27. The van der Waals surface area contributed by atoms with Crippen molar-refractivity contribution in [2.24, 2.45) is 0 Å². The van der Waals surface area contributed by atoms with Crippen LogP contribution in [-0.2, 0) is 10.0 Å². The highest BCUT2D eigenvalue weighted by atomic mass is 35.5. The third kappa shape index (κ3) is 5.57. The summed E-state index contributed by atoms with van der Waals surface area (Å²) in [5, 5.41) is 9.15. The molecule has 2 N–H and O–H groups in total. The van der Waals surface area contributed by atoms with E-state index in [9.17, 15) is 13.2 Å². The van der Waals surface area contributed by atoms with Crippen LogP contribution in [0.5, 0.6) is 5.75 Å². The van der Waals surface area contributed by atoms with Gasteiger partial charge in [-0.2, -0.15) is 0 Å². The minimum atomic E-state index is -3.91. The maximum Gasteiger partial charge on any atom is 0.335 e. The minimum absolute atomic E-state index is 0. The average molecular weight is 421 g/mol. The van der Waals surface area contributed by atoms with Crippen LogP contribution in [0.25, 0.3) is 0 Å². The second-order valence-electron chi connectivity index (χ2n) is 7.03. The number of sulfonamides is 1. The van der Waals surface area contributed by atoms with E-state index in [1.54, 1.807) is 0 Å². The smallest absolute Gasteiger partial charge is 0.335 e. The number of nitrogens with zero attached hydrogens (tertiary/aromatic N) is 1. The van der Waals surface area contributed by atoms with Crippen molar-refractivity contribution in [1.82, 2.24) is 9.62 Å². The zero-order valence-corrected chi connectivity index (χ0v) is 17.7. The Morgan fingerprint density at radius 2 is 1.81 bits per heavy atom. The molecule has 154 valence electrons. The first-order valence-corrected chi connectivity index (χ1v) is 10.3. The maximum absolute atomic E-state index is 12.9. The summed E-state index contributed by atoms with van der Waals surface area (Å²) >= 11 is 0. The summed E-state index contributed by atoms with van der Waals surface area (Å²) in [6.07, 6.45) is 6.31. The number of hydrogen-bond donors (Lipinski definition) is 2. The van der Waals surface area contributed by atoms with Crippen LogP contribution in [0.15, 0.2) is 23.1 Å². The molecule has 1 aliphatic carbocycles. The third-order valence-corrected chi connectivity index (χ3v) is 6.70. The fourth-order valence-electron chi connectivity index (χ4n) is 3.50. The van der Waals surface area contributed by atoms with E-state index < -0.39 is 16.0 Å². The normalized spacial score (nSPS) is 17.0. The summed E-state index contributed by atoms with van der Waals surface area (Å²) in [7, 11) is 1.41. The summed E-state index contributed by atoms with van der Waals surface area (Å²) in [4.78, 5) is 13.2. The van der Waals surface area contributed by atoms with Crippen LogP contribution < -0.4 is 9.46 Å². The number of nitrogens with one attached hydrogen (secondary N) is 1. The molecule has 0 bridgehead atoms. The van der Waals surface area contributed by atoms with Gasteiger partial charge < -0.3 is 14.7 Å². The summed E-state index contributed by atoms with van der Waals surface area (Å²) in [6.45, 7) is 0.281. The van der Waals surface area contributed by atoms with Gasteiger partial charge in [0.15, 0.2) is 0 Å². The predicted octanol–water partition coefficient (Wildman–Crippen LogP) is 2.75. The van der Waals surface area contributed by atoms with Crippen LogP contribution in [0.4, 0.5) is 0 Å². The molecule has 0 heterocycles. The monoisotopic (exact) mass is 420 g/mol. The molecular weight excluding hydrogens is 392 g/mol. The Kier molecular flexibility index (Phi) is 8.53. The maximum atomic E-state index is 12.9. The molecule has 1 fully saturated rings. The Labute approximate surface area is 167 Å². The van der Waals surface area contributed by atoms with E-state index in [0.29, 0.717) is 0 Å². The molecule has 27 heavy (non-hydrogen) atoms. The number of carboxylic acid groups (broad SMARTS) is 1. The molecule has 0 atom stereocenters. The highest BCUT2D eigenvalue weighted by Gasteiger charge is 2.35. The van der Waals surface area contributed by atoms with E-state index in [0.717, 1.165) is 44.6 Å². The molecule has 0 saturated heterocycles. The molecule has 7 nitrogen and oxygen atoms in total. The van der Waals surface area contributed by atoms with Gasteiger partial charge in [0.2, 0.25) is 10.0 Å². The second kappa shape index (κ2) is 9.73. The summed E-state index contributed by atoms with van der Waals surface area (Å²) in [6, 6.07) is 3.83. The Morgan fingerprint density at radius 3 is 2.30 bits per heavy atom. The molecule has 1 aromatic carbocycles. The fraction of sp³-hybridized carbons (Fsp3) is 0.611. The lowest BCUT2D eigenvalue weighted by atomic mass is 9.89. The Hall–Kier alpha value is -1.35. The zero-order valence-electron chi connectivity index (χ0n) is 16.0. The average Bonchev–Trinajstić information content (AvgIpc) is 2.86. The standard InChI is InChI=1S/C18H28N2O5S.ClH/c1-20(2)18(10-6-4-5-7-11-18)13-19-26(23,24)16-12-14(17(21)22)8-9-15(16)25-3;/h8-9,12,19H,4-7,10-11,13H2,1-3H3,(H,21,22);1H. The van der Waals surface area contributed by atoms with E-state index >= 15 is 0 Å². The van der Waals surface area contributed by atoms with Gasteiger partial charge in [0.25, 0.3) is 0 Å². The first kappa shape index (κ1) is 23.7. The lowest BCUT2D eigenvalue weighted by Gasteiger charge is -2.39. The van der Waals surface area contributed by atoms with Gasteiger partial charge in [-0.05, 0) is 45.1 Å². The molecule has 9 heteroatoms. The molecule has 0 spiro atoms. The van der Waals surface area contributed by atoms with E-state index in [-0.39, 0.29) is 40.7 Å². The summed E-state index contributed by atoms with van der Waals surface area (Å²) < 4.78 is 33.6. The Bertz CT molecular complexity index is 744. The number of carboxylic acids is 1. The molecule has 0 radical (unpaired) electrons.